The molecule has 0 saturated heterocycles. The molecule has 1 amide bonds. The SMILES string of the molecule is CCOc1c(/C(C)=C/C(=O)NCc2ccc(OC)cc2)cc2c(-c3ccc(C)cc3C)coc2c1C. The molecule has 0 aliphatic heterocycles. The van der Waals surface area contributed by atoms with E-state index in [0.29, 0.717) is 13.2 Å². The van der Waals surface area contributed by atoms with Crippen molar-refractivity contribution in [2.24, 2.45) is 0 Å². The van der Waals surface area contributed by atoms with Gasteiger partial charge in [0.25, 0.3) is 0 Å². The lowest BCUT2D eigenvalue weighted by atomic mass is 9.94. The highest BCUT2D eigenvalue weighted by Gasteiger charge is 2.20. The summed E-state index contributed by atoms with van der Waals surface area (Å²) in [6.45, 7) is 11.0. The van der Waals surface area contributed by atoms with Crippen molar-refractivity contribution >= 4 is 22.4 Å². The Morgan fingerprint density at radius 2 is 1.78 bits per heavy atom. The van der Waals surface area contributed by atoms with E-state index in [-0.39, 0.29) is 5.91 Å². The number of amides is 1. The highest BCUT2D eigenvalue weighted by Crippen LogP contribution is 2.41. The van der Waals surface area contributed by atoms with Crippen molar-refractivity contribution in [2.75, 3.05) is 13.7 Å². The molecule has 36 heavy (non-hydrogen) atoms. The molecular formula is C31H33NO4. The average molecular weight is 484 g/mol. The number of hydrogen-bond acceptors (Lipinski definition) is 4. The second kappa shape index (κ2) is 10.7. The molecule has 0 aliphatic rings. The Balaban J connectivity index is 1.69. The number of methoxy groups -OCH3 is 1. The van der Waals surface area contributed by atoms with Crippen molar-refractivity contribution in [2.45, 2.75) is 41.2 Å². The number of fused-ring (bicyclic) bond motifs is 1. The number of allylic oxidation sites excluding steroid dienone is 1. The highest BCUT2D eigenvalue weighted by atomic mass is 16.5. The van der Waals surface area contributed by atoms with Gasteiger partial charge in [-0.3, -0.25) is 4.79 Å². The predicted molar refractivity (Wildman–Crippen MR) is 146 cm³/mol. The van der Waals surface area contributed by atoms with E-state index in [4.69, 9.17) is 13.9 Å². The number of aryl methyl sites for hydroxylation is 3. The van der Waals surface area contributed by atoms with Crippen LogP contribution in [0.2, 0.25) is 0 Å². The van der Waals surface area contributed by atoms with Crippen molar-refractivity contribution in [1.29, 1.82) is 0 Å². The summed E-state index contributed by atoms with van der Waals surface area (Å²) in [5.74, 6) is 1.36. The van der Waals surface area contributed by atoms with Crippen LogP contribution in [0.25, 0.3) is 27.7 Å². The van der Waals surface area contributed by atoms with Crippen LogP contribution >= 0.6 is 0 Å². The zero-order chi connectivity index (χ0) is 25.8. The second-order valence-corrected chi connectivity index (χ2v) is 9.05. The molecule has 0 bridgehead atoms. The van der Waals surface area contributed by atoms with E-state index >= 15 is 0 Å². The average Bonchev–Trinajstić information content (AvgIpc) is 3.28. The van der Waals surface area contributed by atoms with Crippen molar-refractivity contribution in [3.63, 3.8) is 0 Å². The maximum absolute atomic E-state index is 12.8. The maximum atomic E-state index is 12.8. The lowest BCUT2D eigenvalue weighted by Crippen LogP contribution is -2.20. The van der Waals surface area contributed by atoms with Gasteiger partial charge in [-0.05, 0) is 75.1 Å². The molecule has 186 valence electrons. The minimum atomic E-state index is -0.162. The van der Waals surface area contributed by atoms with Gasteiger partial charge in [0.05, 0.1) is 20.0 Å². The van der Waals surface area contributed by atoms with Gasteiger partial charge >= 0.3 is 0 Å². The summed E-state index contributed by atoms with van der Waals surface area (Å²) >= 11 is 0. The molecule has 1 aromatic heterocycles. The third kappa shape index (κ3) is 5.15. The van der Waals surface area contributed by atoms with Gasteiger partial charge in [-0.15, -0.1) is 0 Å². The fourth-order valence-corrected chi connectivity index (χ4v) is 4.52. The lowest BCUT2D eigenvalue weighted by molar-refractivity contribution is -0.116. The summed E-state index contributed by atoms with van der Waals surface area (Å²) in [6.07, 6.45) is 3.44. The number of carbonyl (C=O) groups excluding carboxylic acids is 1. The van der Waals surface area contributed by atoms with Gasteiger partial charge < -0.3 is 19.2 Å². The molecule has 5 heteroatoms. The Labute approximate surface area is 212 Å². The van der Waals surface area contributed by atoms with Crippen molar-refractivity contribution in [3.8, 4) is 22.6 Å². The van der Waals surface area contributed by atoms with Crippen molar-refractivity contribution < 1.29 is 18.7 Å². The minimum absolute atomic E-state index is 0.162. The quantitative estimate of drug-likeness (QED) is 0.270. The smallest absolute Gasteiger partial charge is 0.244 e. The zero-order valence-electron chi connectivity index (χ0n) is 21.8. The molecular weight excluding hydrogens is 450 g/mol. The summed E-state index contributed by atoms with van der Waals surface area (Å²) in [6, 6.07) is 16.1. The summed E-state index contributed by atoms with van der Waals surface area (Å²) in [7, 11) is 1.63. The molecule has 4 aromatic rings. The first-order valence-electron chi connectivity index (χ1n) is 12.2. The van der Waals surface area contributed by atoms with E-state index in [1.165, 1.54) is 11.1 Å². The maximum Gasteiger partial charge on any atom is 0.244 e. The van der Waals surface area contributed by atoms with Crippen LogP contribution in [0.3, 0.4) is 0 Å². The molecule has 0 saturated carbocycles. The normalized spacial score (nSPS) is 11.6. The number of carbonyl (C=O) groups is 1. The van der Waals surface area contributed by atoms with E-state index in [9.17, 15) is 4.79 Å². The van der Waals surface area contributed by atoms with E-state index in [1.54, 1.807) is 13.2 Å². The van der Waals surface area contributed by atoms with Gasteiger partial charge in [0, 0.05) is 34.7 Å². The summed E-state index contributed by atoms with van der Waals surface area (Å²) < 4.78 is 17.3. The first-order valence-corrected chi connectivity index (χ1v) is 12.2. The number of furan rings is 1. The van der Waals surface area contributed by atoms with E-state index < -0.39 is 0 Å². The number of hydrogen-bond donors (Lipinski definition) is 1. The van der Waals surface area contributed by atoms with Gasteiger partial charge in [-0.2, -0.15) is 0 Å². The van der Waals surface area contributed by atoms with Gasteiger partial charge in [0.2, 0.25) is 5.91 Å². The first kappa shape index (κ1) is 25.1. The number of nitrogens with one attached hydrogen (secondary N) is 1. The third-order valence-corrected chi connectivity index (χ3v) is 6.40. The fraction of sp³-hybridized carbons (Fsp3) is 0.258. The largest absolute Gasteiger partial charge is 0.497 e. The molecule has 0 atom stereocenters. The second-order valence-electron chi connectivity index (χ2n) is 9.05. The monoisotopic (exact) mass is 483 g/mol. The van der Waals surface area contributed by atoms with Crippen molar-refractivity contribution in [3.05, 3.63) is 88.7 Å². The third-order valence-electron chi connectivity index (χ3n) is 6.40. The Kier molecular flexibility index (Phi) is 7.49. The van der Waals surface area contributed by atoms with E-state index in [1.807, 2.05) is 51.3 Å². The molecule has 1 N–H and O–H groups in total. The van der Waals surface area contributed by atoms with Gasteiger partial charge in [-0.1, -0.05) is 35.9 Å². The molecule has 0 unspecified atom stereocenters. The zero-order valence-corrected chi connectivity index (χ0v) is 21.8. The molecule has 4 rings (SSSR count). The van der Waals surface area contributed by atoms with Gasteiger partial charge in [0.1, 0.15) is 17.1 Å². The van der Waals surface area contributed by atoms with Crippen LogP contribution in [0.5, 0.6) is 11.5 Å². The van der Waals surface area contributed by atoms with E-state index in [2.05, 4.69) is 43.4 Å². The summed E-state index contributed by atoms with van der Waals surface area (Å²) in [5.41, 5.74) is 9.01. The number of benzene rings is 3. The molecule has 5 nitrogen and oxygen atoms in total. The highest BCUT2D eigenvalue weighted by molar-refractivity contribution is 6.02. The summed E-state index contributed by atoms with van der Waals surface area (Å²) in [4.78, 5) is 12.8. The first-order chi connectivity index (χ1) is 17.3. The van der Waals surface area contributed by atoms with Gasteiger partial charge in [0.15, 0.2) is 0 Å². The topological polar surface area (TPSA) is 60.7 Å². The number of rotatable bonds is 8. The lowest BCUT2D eigenvalue weighted by Gasteiger charge is -2.15. The summed E-state index contributed by atoms with van der Waals surface area (Å²) in [5, 5.41) is 3.97. The van der Waals surface area contributed by atoms with Crippen LogP contribution in [0.15, 0.2) is 65.3 Å². The van der Waals surface area contributed by atoms with Crippen LogP contribution in [0, 0.1) is 20.8 Å². The van der Waals surface area contributed by atoms with Crippen LogP contribution in [0.4, 0.5) is 0 Å². The van der Waals surface area contributed by atoms with Crippen molar-refractivity contribution in [1.82, 2.24) is 5.32 Å². The molecule has 1 heterocycles. The Morgan fingerprint density at radius 3 is 2.44 bits per heavy atom. The Morgan fingerprint density at radius 1 is 1.03 bits per heavy atom. The molecule has 0 aliphatic carbocycles. The van der Waals surface area contributed by atoms with E-state index in [0.717, 1.165) is 55.9 Å². The molecule has 3 aromatic carbocycles. The van der Waals surface area contributed by atoms with Crippen LogP contribution < -0.4 is 14.8 Å². The van der Waals surface area contributed by atoms with Crippen LogP contribution in [-0.4, -0.2) is 19.6 Å². The van der Waals surface area contributed by atoms with Crippen LogP contribution in [0.1, 0.15) is 41.7 Å². The Bertz CT molecular complexity index is 1430. The standard InChI is InChI=1S/C31H33NO4/c1-7-35-30-22(5)31-27(28(18-36-31)25-13-8-19(2)14-20(25)3)16-26(30)21(4)15-29(33)32-17-23-9-11-24(34-6)12-10-23/h8-16,18H,7,17H2,1-6H3,(H,32,33)/b21-15+. The predicted octanol–water partition coefficient (Wildman–Crippen LogP) is 7.15. The Hall–Kier alpha value is -3.99. The molecule has 0 fully saturated rings. The molecule has 0 spiro atoms. The van der Waals surface area contributed by atoms with Crippen LogP contribution in [-0.2, 0) is 11.3 Å². The van der Waals surface area contributed by atoms with Gasteiger partial charge in [-0.25, -0.2) is 0 Å². The fourth-order valence-electron chi connectivity index (χ4n) is 4.52. The minimum Gasteiger partial charge on any atom is -0.497 e. The number of ether oxygens (including phenoxy) is 2. The molecule has 0 radical (unpaired) electrons.